The van der Waals surface area contributed by atoms with E-state index in [0.29, 0.717) is 12.0 Å². The van der Waals surface area contributed by atoms with Crippen LogP contribution in [0.5, 0.6) is 0 Å². The van der Waals surface area contributed by atoms with Gasteiger partial charge in [-0.1, -0.05) is 0 Å². The van der Waals surface area contributed by atoms with Gasteiger partial charge in [0.05, 0.1) is 19.3 Å². The van der Waals surface area contributed by atoms with Gasteiger partial charge < -0.3 is 30.5 Å². The number of piperidine rings is 1. The monoisotopic (exact) mass is 440 g/mol. The van der Waals surface area contributed by atoms with Crippen molar-refractivity contribution in [3.8, 4) is 0 Å². The van der Waals surface area contributed by atoms with E-state index in [1.165, 1.54) is 38.5 Å². The van der Waals surface area contributed by atoms with Crippen LogP contribution in [0.25, 0.3) is 0 Å². The quantitative estimate of drug-likeness (QED) is 0.262. The summed E-state index contributed by atoms with van der Waals surface area (Å²) in [6.07, 6.45) is 6.99. The lowest BCUT2D eigenvalue weighted by Gasteiger charge is -2.56. The van der Waals surface area contributed by atoms with Crippen molar-refractivity contribution in [2.75, 3.05) is 26.4 Å². The van der Waals surface area contributed by atoms with Gasteiger partial charge in [0.1, 0.15) is 24.4 Å². The maximum absolute atomic E-state index is 12.3. The number of aliphatic hydroxyl groups excluding tert-OH is 4. The van der Waals surface area contributed by atoms with Crippen molar-refractivity contribution in [2.45, 2.75) is 88.2 Å². The fraction of sp³-hybridized carbons (Fsp3) is 0.957. The van der Waals surface area contributed by atoms with Gasteiger partial charge in [-0.05, 0) is 81.0 Å². The Hall–Kier alpha value is -0.770. The Morgan fingerprint density at radius 1 is 0.935 bits per heavy atom. The first kappa shape index (κ1) is 23.4. The van der Waals surface area contributed by atoms with E-state index in [2.05, 4.69) is 10.6 Å². The average molecular weight is 441 g/mol. The summed E-state index contributed by atoms with van der Waals surface area (Å²) in [5.74, 6) is 2.42. The Labute approximate surface area is 184 Å². The third kappa shape index (κ3) is 5.25. The normalized spacial score (nSPS) is 43.9. The number of hydrogen-bond donors (Lipinski definition) is 6. The Morgan fingerprint density at radius 2 is 1.58 bits per heavy atom. The molecule has 0 aromatic carbocycles. The topological polar surface area (TPSA) is 131 Å². The Bertz CT molecular complexity index is 580. The van der Waals surface area contributed by atoms with Gasteiger partial charge in [0.25, 0.3) is 0 Å². The number of hydrogen-bond acceptors (Lipinski definition) is 7. The van der Waals surface area contributed by atoms with Crippen molar-refractivity contribution >= 4 is 5.91 Å². The molecule has 31 heavy (non-hydrogen) atoms. The zero-order chi connectivity index (χ0) is 22.0. The highest BCUT2D eigenvalue weighted by atomic mass is 16.5. The number of unbranched alkanes of at least 4 members (excludes halogenated alkanes) is 2. The number of aliphatic hydroxyl groups is 4. The zero-order valence-electron chi connectivity index (χ0n) is 18.4. The molecule has 4 saturated carbocycles. The van der Waals surface area contributed by atoms with E-state index in [9.17, 15) is 25.2 Å². The molecule has 1 aliphatic heterocycles. The Kier molecular flexibility index (Phi) is 7.56. The molecule has 1 heterocycles. The van der Waals surface area contributed by atoms with Crippen molar-refractivity contribution in [3.63, 3.8) is 0 Å². The van der Waals surface area contributed by atoms with Gasteiger partial charge in [0, 0.05) is 13.2 Å². The van der Waals surface area contributed by atoms with E-state index in [4.69, 9.17) is 4.74 Å². The molecule has 0 unspecified atom stereocenters. The minimum atomic E-state index is -1.47. The van der Waals surface area contributed by atoms with Crippen LogP contribution in [-0.2, 0) is 9.53 Å². The first-order chi connectivity index (χ1) is 14.9. The van der Waals surface area contributed by atoms with Crippen LogP contribution >= 0.6 is 0 Å². The molecule has 178 valence electrons. The molecule has 6 N–H and O–H groups in total. The maximum atomic E-state index is 12.3. The summed E-state index contributed by atoms with van der Waals surface area (Å²) in [7, 11) is 0. The number of ether oxygens (including phenoxy) is 1. The molecule has 5 fully saturated rings. The highest BCUT2D eigenvalue weighted by Crippen LogP contribution is 2.60. The van der Waals surface area contributed by atoms with Gasteiger partial charge in [-0.2, -0.15) is 0 Å². The molecule has 5 aliphatic rings. The molecule has 5 atom stereocenters. The zero-order valence-corrected chi connectivity index (χ0v) is 18.4. The van der Waals surface area contributed by atoms with E-state index >= 15 is 0 Å². The predicted molar refractivity (Wildman–Crippen MR) is 114 cm³/mol. The summed E-state index contributed by atoms with van der Waals surface area (Å²) >= 11 is 0. The second-order valence-corrected chi connectivity index (χ2v) is 10.7. The average Bonchev–Trinajstić information content (AvgIpc) is 2.73. The SMILES string of the molecule is O=C(NCCCCCOCC12CC3CC(CC(C3)C1)C2)[C@H]1N[C@@H](CO)[C@@H](O)[C@H](O)[C@H]1O. The van der Waals surface area contributed by atoms with Crippen LogP contribution < -0.4 is 10.6 Å². The van der Waals surface area contributed by atoms with Crippen molar-refractivity contribution in [1.29, 1.82) is 0 Å². The van der Waals surface area contributed by atoms with Crippen molar-refractivity contribution < 1.29 is 30.0 Å². The van der Waals surface area contributed by atoms with Gasteiger partial charge >= 0.3 is 0 Å². The summed E-state index contributed by atoms with van der Waals surface area (Å²) < 4.78 is 6.10. The van der Waals surface area contributed by atoms with E-state index in [0.717, 1.165) is 50.2 Å². The van der Waals surface area contributed by atoms with E-state index in [1.54, 1.807) is 0 Å². The smallest absolute Gasteiger partial charge is 0.239 e. The fourth-order valence-corrected chi connectivity index (χ4v) is 7.04. The number of rotatable bonds is 10. The van der Waals surface area contributed by atoms with Gasteiger partial charge in [0.15, 0.2) is 0 Å². The summed E-state index contributed by atoms with van der Waals surface area (Å²) in [5.41, 5.74) is 0.459. The van der Waals surface area contributed by atoms with Crippen LogP contribution in [-0.4, -0.2) is 83.1 Å². The van der Waals surface area contributed by atoms with Crippen molar-refractivity contribution in [2.24, 2.45) is 23.2 Å². The second kappa shape index (κ2) is 10.0. The predicted octanol–water partition coefficient (Wildman–Crippen LogP) is -0.0787. The van der Waals surface area contributed by atoms with Crippen molar-refractivity contribution in [3.05, 3.63) is 0 Å². The largest absolute Gasteiger partial charge is 0.395 e. The lowest BCUT2D eigenvalue weighted by Crippen LogP contribution is -2.69. The molecular weight excluding hydrogens is 400 g/mol. The van der Waals surface area contributed by atoms with E-state index in [1.807, 2.05) is 0 Å². The standard InChI is InChI=1S/C23H40N2O6/c26-12-17-19(27)21(29)20(28)18(25-17)22(30)24-4-2-1-3-5-31-13-23-9-14-6-15(10-23)8-16(7-14)11-23/h14-21,25-29H,1-13H2,(H,24,30)/t14?,15?,16?,17-,18-,19+,20-,21-,23?/m0/s1. The maximum Gasteiger partial charge on any atom is 0.239 e. The van der Waals surface area contributed by atoms with Crippen LogP contribution in [0, 0.1) is 23.2 Å². The molecular formula is C23H40N2O6. The van der Waals surface area contributed by atoms with Gasteiger partial charge in [0.2, 0.25) is 5.91 Å². The Balaban J connectivity index is 1.08. The minimum absolute atomic E-state index is 0.433. The van der Waals surface area contributed by atoms with Crippen molar-refractivity contribution in [1.82, 2.24) is 10.6 Å². The number of carbonyl (C=O) groups excluding carboxylic acids is 1. The summed E-state index contributed by atoms with van der Waals surface area (Å²) in [6.45, 7) is 1.72. The highest BCUT2D eigenvalue weighted by Gasteiger charge is 2.51. The molecule has 0 aromatic rings. The third-order valence-electron chi connectivity index (χ3n) is 8.16. The molecule has 0 radical (unpaired) electrons. The van der Waals surface area contributed by atoms with Crippen LogP contribution in [0.15, 0.2) is 0 Å². The van der Waals surface area contributed by atoms with E-state index in [-0.39, 0.29) is 0 Å². The minimum Gasteiger partial charge on any atom is -0.395 e. The number of carbonyl (C=O) groups is 1. The van der Waals surface area contributed by atoms with E-state index < -0.39 is 42.9 Å². The first-order valence-electron chi connectivity index (χ1n) is 12.2. The first-order valence-corrected chi connectivity index (χ1v) is 12.2. The Morgan fingerprint density at radius 3 is 2.19 bits per heavy atom. The van der Waals surface area contributed by atoms with Crippen LogP contribution in [0.3, 0.4) is 0 Å². The summed E-state index contributed by atoms with van der Waals surface area (Å²) in [6, 6.07) is -1.90. The van der Waals surface area contributed by atoms with Crippen LogP contribution in [0.4, 0.5) is 0 Å². The molecule has 1 amide bonds. The van der Waals surface area contributed by atoms with Gasteiger partial charge in [-0.3, -0.25) is 10.1 Å². The fourth-order valence-electron chi connectivity index (χ4n) is 7.04. The summed E-state index contributed by atoms with van der Waals surface area (Å²) in [5, 5.41) is 44.5. The second-order valence-electron chi connectivity index (χ2n) is 10.7. The molecule has 0 spiro atoms. The number of amides is 1. The molecule has 0 aromatic heterocycles. The molecule has 1 saturated heterocycles. The summed E-state index contributed by atoms with van der Waals surface area (Å²) in [4.78, 5) is 12.3. The molecule has 8 heteroatoms. The lowest BCUT2D eigenvalue weighted by atomic mass is 9.50. The molecule has 4 aliphatic carbocycles. The number of nitrogens with one attached hydrogen (secondary N) is 2. The molecule has 8 nitrogen and oxygen atoms in total. The third-order valence-corrected chi connectivity index (χ3v) is 8.16. The van der Waals surface area contributed by atoms with Gasteiger partial charge in [-0.15, -0.1) is 0 Å². The molecule has 4 bridgehead atoms. The lowest BCUT2D eigenvalue weighted by molar-refractivity contribution is -0.145. The highest BCUT2D eigenvalue weighted by molar-refractivity contribution is 5.82. The van der Waals surface area contributed by atoms with Crippen LogP contribution in [0.2, 0.25) is 0 Å². The molecule has 5 rings (SSSR count). The van der Waals surface area contributed by atoms with Crippen LogP contribution in [0.1, 0.15) is 57.8 Å². The van der Waals surface area contributed by atoms with Gasteiger partial charge in [-0.25, -0.2) is 0 Å².